The molecule has 1 fully saturated rings. The molecule has 1 aliphatic heterocycles. The number of piperidine rings is 1. The zero-order valence-corrected chi connectivity index (χ0v) is 20.5. The molecule has 2 aliphatic rings. The number of methoxy groups -OCH3 is 1. The van der Waals surface area contributed by atoms with Crippen molar-refractivity contribution < 1.29 is 13.2 Å². The highest BCUT2D eigenvalue weighted by molar-refractivity contribution is 7.89. The summed E-state index contributed by atoms with van der Waals surface area (Å²) in [4.78, 5) is 0.387. The second kappa shape index (κ2) is 8.77. The molecular weight excluding hydrogens is 418 g/mol. The Morgan fingerprint density at radius 3 is 2.38 bits per heavy atom. The lowest BCUT2D eigenvalue weighted by molar-refractivity contribution is 0.0884. The molecule has 0 N–H and O–H groups in total. The van der Waals surface area contributed by atoms with E-state index < -0.39 is 10.0 Å². The van der Waals surface area contributed by atoms with E-state index in [4.69, 9.17) is 4.74 Å². The van der Waals surface area contributed by atoms with Gasteiger partial charge in [0.1, 0.15) is 0 Å². The highest BCUT2D eigenvalue weighted by Crippen LogP contribution is 2.47. The molecule has 2 aromatic carbocycles. The van der Waals surface area contributed by atoms with Crippen molar-refractivity contribution >= 4 is 10.0 Å². The van der Waals surface area contributed by atoms with Crippen LogP contribution in [0, 0.1) is 5.41 Å². The highest BCUT2D eigenvalue weighted by atomic mass is 32.2. The van der Waals surface area contributed by atoms with Crippen molar-refractivity contribution in [3.8, 4) is 0 Å². The zero-order chi connectivity index (χ0) is 23.0. The van der Waals surface area contributed by atoms with Gasteiger partial charge in [-0.2, -0.15) is 4.31 Å². The number of benzene rings is 2. The number of fused-ring (bicyclic) bond motifs is 1. The number of ether oxygens (including phenoxy) is 1. The number of rotatable bonds is 5. The normalized spacial score (nSPS) is 24.6. The lowest BCUT2D eigenvalue weighted by Crippen LogP contribution is -2.50. The van der Waals surface area contributed by atoms with Gasteiger partial charge >= 0.3 is 0 Å². The Labute approximate surface area is 193 Å². The molecule has 32 heavy (non-hydrogen) atoms. The Morgan fingerprint density at radius 2 is 1.75 bits per heavy atom. The molecule has 1 heterocycles. The van der Waals surface area contributed by atoms with Crippen LogP contribution >= 0.6 is 0 Å². The average molecular weight is 454 g/mol. The van der Waals surface area contributed by atoms with Crippen molar-refractivity contribution in [1.82, 2.24) is 4.31 Å². The fourth-order valence-corrected chi connectivity index (χ4v) is 6.69. The van der Waals surface area contributed by atoms with Crippen molar-refractivity contribution in [2.24, 2.45) is 5.41 Å². The lowest BCUT2D eigenvalue weighted by atomic mass is 9.66. The maximum absolute atomic E-state index is 13.6. The van der Waals surface area contributed by atoms with E-state index in [1.807, 2.05) is 18.2 Å². The van der Waals surface area contributed by atoms with Gasteiger partial charge in [-0.15, -0.1) is 0 Å². The van der Waals surface area contributed by atoms with Crippen LogP contribution in [0.15, 0.2) is 71.1 Å². The van der Waals surface area contributed by atoms with E-state index in [0.717, 1.165) is 31.2 Å². The van der Waals surface area contributed by atoms with Gasteiger partial charge in [0.25, 0.3) is 0 Å². The molecule has 172 valence electrons. The molecule has 2 atom stereocenters. The predicted octanol–water partition coefficient (Wildman–Crippen LogP) is 5.34. The zero-order valence-electron chi connectivity index (χ0n) is 19.7. The first-order valence-corrected chi connectivity index (χ1v) is 13.0. The van der Waals surface area contributed by atoms with E-state index in [0.29, 0.717) is 18.0 Å². The van der Waals surface area contributed by atoms with Gasteiger partial charge in [-0.1, -0.05) is 74.9 Å². The number of hydrogen-bond acceptors (Lipinski definition) is 3. The first-order chi connectivity index (χ1) is 15.1. The molecule has 0 amide bonds. The van der Waals surface area contributed by atoms with Crippen LogP contribution in [0.1, 0.15) is 51.2 Å². The Bertz CT molecular complexity index is 1070. The van der Waals surface area contributed by atoms with Gasteiger partial charge < -0.3 is 4.74 Å². The molecule has 0 bridgehead atoms. The van der Waals surface area contributed by atoms with Gasteiger partial charge in [0, 0.05) is 25.6 Å². The molecule has 0 saturated carbocycles. The Hall–Kier alpha value is -1.95. The molecule has 4 rings (SSSR count). The molecule has 5 heteroatoms. The summed E-state index contributed by atoms with van der Waals surface area (Å²) in [5.74, 6) is 0. The summed E-state index contributed by atoms with van der Waals surface area (Å²) in [6, 6.07) is 17.9. The topological polar surface area (TPSA) is 46.6 Å². The van der Waals surface area contributed by atoms with Crippen molar-refractivity contribution in [3.63, 3.8) is 0 Å². The van der Waals surface area contributed by atoms with E-state index in [1.54, 1.807) is 23.5 Å². The van der Waals surface area contributed by atoms with Crippen LogP contribution in [0.4, 0.5) is 0 Å². The minimum absolute atomic E-state index is 0.00710. The Kier molecular flexibility index (Phi) is 6.36. The monoisotopic (exact) mass is 453 g/mol. The molecule has 0 spiro atoms. The smallest absolute Gasteiger partial charge is 0.243 e. The van der Waals surface area contributed by atoms with Crippen LogP contribution in [-0.4, -0.2) is 39.0 Å². The second-order valence-electron chi connectivity index (χ2n) is 10.3. The molecule has 1 aliphatic carbocycles. The first-order valence-electron chi connectivity index (χ1n) is 11.5. The quantitative estimate of drug-likeness (QED) is 0.574. The molecule has 2 aromatic rings. The molecule has 0 unspecified atom stereocenters. The van der Waals surface area contributed by atoms with Crippen LogP contribution < -0.4 is 0 Å². The molecule has 0 radical (unpaired) electrons. The van der Waals surface area contributed by atoms with E-state index >= 15 is 0 Å². The number of hydrogen-bond donors (Lipinski definition) is 0. The summed E-state index contributed by atoms with van der Waals surface area (Å²) >= 11 is 0. The van der Waals surface area contributed by atoms with Crippen LogP contribution in [0.2, 0.25) is 0 Å². The molecule has 0 aromatic heterocycles. The standard InChI is InChI=1S/C27H35NO3S/c1-26(2,3)22-10-12-25(13-11-22)32(29,30)28-17-15-23-18-24(31-4)14-16-27(23,20-28)19-21-8-6-5-7-9-21/h5-13,18,24H,14-17,19-20H2,1-4H3/t24-,27-/m0/s1. The van der Waals surface area contributed by atoms with Gasteiger partial charge in [-0.05, 0) is 54.4 Å². The molecule has 1 saturated heterocycles. The number of sulfonamides is 1. The summed E-state index contributed by atoms with van der Waals surface area (Å²) in [6.45, 7) is 7.45. The summed E-state index contributed by atoms with van der Waals surface area (Å²) in [5, 5.41) is 0. The van der Waals surface area contributed by atoms with Crippen LogP contribution in [0.3, 0.4) is 0 Å². The SMILES string of the molecule is CO[C@@H]1C=C2CCN(S(=O)(=O)c3ccc(C(C)(C)C)cc3)C[C@@]2(Cc2ccccc2)CC1. The van der Waals surface area contributed by atoms with Crippen molar-refractivity contribution in [2.45, 2.75) is 62.9 Å². The summed E-state index contributed by atoms with van der Waals surface area (Å²) in [6.07, 6.45) is 5.84. The second-order valence-corrected chi connectivity index (χ2v) is 12.2. The highest BCUT2D eigenvalue weighted by Gasteiger charge is 2.45. The van der Waals surface area contributed by atoms with Crippen molar-refractivity contribution in [3.05, 3.63) is 77.4 Å². The minimum Gasteiger partial charge on any atom is -0.377 e. The van der Waals surface area contributed by atoms with Crippen LogP contribution in [-0.2, 0) is 26.6 Å². The van der Waals surface area contributed by atoms with E-state index in [9.17, 15) is 8.42 Å². The first kappa shape index (κ1) is 23.2. The molecule has 4 nitrogen and oxygen atoms in total. The van der Waals surface area contributed by atoms with Gasteiger partial charge in [0.2, 0.25) is 10.0 Å². The lowest BCUT2D eigenvalue weighted by Gasteiger charge is -2.47. The Balaban J connectivity index is 1.65. The predicted molar refractivity (Wildman–Crippen MR) is 129 cm³/mol. The van der Waals surface area contributed by atoms with Crippen LogP contribution in [0.5, 0.6) is 0 Å². The van der Waals surface area contributed by atoms with Gasteiger partial charge in [0.05, 0.1) is 11.0 Å². The fraction of sp³-hybridized carbons (Fsp3) is 0.481. The van der Waals surface area contributed by atoms with E-state index in [2.05, 4.69) is 51.1 Å². The third-order valence-corrected chi connectivity index (χ3v) is 8.99. The third kappa shape index (κ3) is 4.57. The fourth-order valence-electron chi connectivity index (χ4n) is 5.17. The third-order valence-electron chi connectivity index (χ3n) is 7.13. The molecular formula is C27H35NO3S. The van der Waals surface area contributed by atoms with Crippen LogP contribution in [0.25, 0.3) is 0 Å². The average Bonchev–Trinajstić information content (AvgIpc) is 2.78. The van der Waals surface area contributed by atoms with Gasteiger partial charge in [0.15, 0.2) is 0 Å². The summed E-state index contributed by atoms with van der Waals surface area (Å²) in [5.41, 5.74) is 3.57. The maximum Gasteiger partial charge on any atom is 0.243 e. The van der Waals surface area contributed by atoms with E-state index in [-0.39, 0.29) is 16.9 Å². The van der Waals surface area contributed by atoms with E-state index in [1.165, 1.54) is 11.1 Å². The van der Waals surface area contributed by atoms with Gasteiger partial charge in [-0.25, -0.2) is 8.42 Å². The maximum atomic E-state index is 13.6. The summed E-state index contributed by atoms with van der Waals surface area (Å²) < 4.78 is 34.6. The van der Waals surface area contributed by atoms with Crippen molar-refractivity contribution in [1.29, 1.82) is 0 Å². The van der Waals surface area contributed by atoms with Crippen molar-refractivity contribution in [2.75, 3.05) is 20.2 Å². The number of nitrogens with zero attached hydrogens (tertiary/aromatic N) is 1. The summed E-state index contributed by atoms with van der Waals surface area (Å²) in [7, 11) is -1.79. The minimum atomic E-state index is -3.55. The largest absolute Gasteiger partial charge is 0.377 e. The van der Waals surface area contributed by atoms with Gasteiger partial charge in [-0.3, -0.25) is 0 Å². The Morgan fingerprint density at radius 1 is 1.06 bits per heavy atom.